The molecule has 0 aliphatic rings. The second-order valence-corrected chi connectivity index (χ2v) is 13.7. The van der Waals surface area contributed by atoms with Gasteiger partial charge in [-0.25, -0.2) is 22.3 Å². The molecule has 1 N–H and O–H groups in total. The highest BCUT2D eigenvalue weighted by Crippen LogP contribution is 2.16. The number of ether oxygens (including phenoxy) is 3. The Morgan fingerprint density at radius 3 is 1.82 bits per heavy atom. The van der Waals surface area contributed by atoms with E-state index in [-0.39, 0.29) is 32.2 Å². The summed E-state index contributed by atoms with van der Waals surface area (Å²) in [6, 6.07) is -1.03. The lowest BCUT2D eigenvalue weighted by Gasteiger charge is -2.26. The fourth-order valence-electron chi connectivity index (χ4n) is 2.99. The van der Waals surface area contributed by atoms with E-state index in [1.807, 2.05) is 0 Å². The molecule has 0 radical (unpaired) electrons. The summed E-state index contributed by atoms with van der Waals surface area (Å²) in [4.78, 5) is 49.6. The van der Waals surface area contributed by atoms with Gasteiger partial charge in [0, 0.05) is 24.8 Å². The van der Waals surface area contributed by atoms with E-state index in [9.17, 15) is 27.6 Å². The summed E-state index contributed by atoms with van der Waals surface area (Å²) < 4.78 is 40.9. The zero-order chi connectivity index (χ0) is 29.9. The van der Waals surface area contributed by atoms with Crippen LogP contribution in [0.5, 0.6) is 0 Å². The van der Waals surface area contributed by atoms with Gasteiger partial charge in [0.15, 0.2) is 0 Å². The molecule has 2 amide bonds. The van der Waals surface area contributed by atoms with Gasteiger partial charge in [-0.3, -0.25) is 9.59 Å². The molecule has 1 atom stereocenters. The molecular weight excluding hydrogens is 516 g/mol. The summed E-state index contributed by atoms with van der Waals surface area (Å²) in [7, 11) is -4.05. The van der Waals surface area contributed by atoms with Crippen LogP contribution in [0.25, 0.3) is 0 Å². The Balaban J connectivity index is 4.99. The van der Waals surface area contributed by atoms with E-state index in [2.05, 4.69) is 11.9 Å². The molecule has 0 aromatic heterocycles. The fourth-order valence-corrected chi connectivity index (χ4v) is 3.79. The second kappa shape index (κ2) is 14.5. The van der Waals surface area contributed by atoms with Gasteiger partial charge in [-0.15, -0.1) is 0 Å². The monoisotopic (exact) mass is 562 g/mol. The fraction of sp³-hybridized carbons (Fsp3) is 0.769. The zero-order valence-corrected chi connectivity index (χ0v) is 25.2. The smallest absolute Gasteiger partial charge is 0.424 e. The van der Waals surface area contributed by atoms with E-state index < -0.39 is 56.8 Å². The van der Waals surface area contributed by atoms with Gasteiger partial charge in [-0.05, 0) is 81.6 Å². The molecule has 0 saturated heterocycles. The molecule has 220 valence electrons. The Morgan fingerprint density at radius 2 is 1.34 bits per heavy atom. The van der Waals surface area contributed by atoms with Crippen LogP contribution >= 0.6 is 0 Å². The standard InChI is InChI=1S/C26H46N2O9S/c1-11-38(33,34)28(23(32)37-26(8,9)10)18-14-12-13-15-20(29)27-19(22(31)36-25(5,6)7)16-17-21(30)35-24(2,3)4/h11,19H,1,12-18H2,2-10H3,(H,27,29). The number of carbonyl (C=O) groups is 4. The van der Waals surface area contributed by atoms with Crippen molar-refractivity contribution in [1.29, 1.82) is 0 Å². The van der Waals surface area contributed by atoms with E-state index in [1.54, 1.807) is 62.3 Å². The molecule has 0 spiro atoms. The first-order chi connectivity index (χ1) is 17.1. The largest absolute Gasteiger partial charge is 0.460 e. The molecule has 11 nitrogen and oxygen atoms in total. The molecule has 1 unspecified atom stereocenters. The van der Waals surface area contributed by atoms with Crippen LogP contribution in [0, 0.1) is 0 Å². The van der Waals surface area contributed by atoms with Crippen LogP contribution in [-0.2, 0) is 38.6 Å². The average molecular weight is 563 g/mol. The van der Waals surface area contributed by atoms with Crippen molar-refractivity contribution in [2.24, 2.45) is 0 Å². The van der Waals surface area contributed by atoms with E-state index in [1.165, 1.54) is 0 Å². The predicted octanol–water partition coefficient (Wildman–Crippen LogP) is 4.21. The molecule has 0 aliphatic carbocycles. The third-order valence-corrected chi connectivity index (χ3v) is 5.83. The van der Waals surface area contributed by atoms with Crippen molar-refractivity contribution in [3.8, 4) is 0 Å². The molecule has 0 bridgehead atoms. The Labute approximate surface area is 227 Å². The minimum atomic E-state index is -4.05. The van der Waals surface area contributed by atoms with E-state index in [0.717, 1.165) is 0 Å². The Hall–Kier alpha value is -2.63. The van der Waals surface area contributed by atoms with Crippen molar-refractivity contribution in [2.45, 2.75) is 124 Å². The first-order valence-corrected chi connectivity index (χ1v) is 14.2. The lowest BCUT2D eigenvalue weighted by molar-refractivity contribution is -0.160. The zero-order valence-electron chi connectivity index (χ0n) is 24.3. The molecule has 12 heteroatoms. The Morgan fingerprint density at radius 1 is 0.816 bits per heavy atom. The molecular formula is C26H46N2O9S. The van der Waals surface area contributed by atoms with E-state index >= 15 is 0 Å². The number of rotatable bonds is 13. The Kier molecular flexibility index (Phi) is 13.5. The highest BCUT2D eigenvalue weighted by molar-refractivity contribution is 7.92. The first-order valence-electron chi connectivity index (χ1n) is 12.7. The summed E-state index contributed by atoms with van der Waals surface area (Å²) in [5, 5.41) is 3.30. The van der Waals surface area contributed by atoms with Gasteiger partial charge in [0.25, 0.3) is 10.0 Å². The number of unbranched alkanes of at least 4 members (excludes halogenated alkanes) is 2. The maximum absolute atomic E-state index is 12.6. The van der Waals surface area contributed by atoms with Gasteiger partial charge in [-0.1, -0.05) is 13.0 Å². The van der Waals surface area contributed by atoms with Gasteiger partial charge < -0.3 is 19.5 Å². The SMILES string of the molecule is C=CS(=O)(=O)N(CCCCCC(=O)NC(CCC(=O)OC(C)(C)C)C(=O)OC(C)(C)C)C(=O)OC(C)(C)C. The number of amides is 2. The third-order valence-electron chi connectivity index (χ3n) is 4.46. The number of nitrogens with zero attached hydrogens (tertiary/aromatic N) is 1. The molecule has 0 saturated carbocycles. The minimum Gasteiger partial charge on any atom is -0.460 e. The predicted molar refractivity (Wildman–Crippen MR) is 143 cm³/mol. The van der Waals surface area contributed by atoms with Crippen molar-refractivity contribution < 1.29 is 41.8 Å². The second-order valence-electron chi connectivity index (χ2n) is 11.9. The van der Waals surface area contributed by atoms with Gasteiger partial charge >= 0.3 is 18.0 Å². The van der Waals surface area contributed by atoms with Crippen LogP contribution in [-0.4, -0.2) is 66.1 Å². The third kappa shape index (κ3) is 16.3. The summed E-state index contributed by atoms with van der Waals surface area (Å²) in [5.74, 6) is -1.57. The number of hydrogen-bond donors (Lipinski definition) is 1. The number of nitrogens with one attached hydrogen (secondary N) is 1. The van der Waals surface area contributed by atoms with Crippen LogP contribution in [0.4, 0.5) is 4.79 Å². The van der Waals surface area contributed by atoms with Crippen LogP contribution in [0.1, 0.15) is 101 Å². The summed E-state index contributed by atoms with van der Waals surface area (Å²) in [6.45, 7) is 18.3. The number of carbonyl (C=O) groups excluding carboxylic acids is 4. The molecule has 0 rings (SSSR count). The minimum absolute atomic E-state index is 0.0137. The lowest BCUT2D eigenvalue weighted by Crippen LogP contribution is -2.44. The maximum Gasteiger partial charge on any atom is 0.424 e. The first kappa shape index (κ1) is 35.4. The van der Waals surface area contributed by atoms with Crippen LogP contribution < -0.4 is 5.32 Å². The molecule has 0 aromatic rings. The average Bonchev–Trinajstić information content (AvgIpc) is 2.69. The van der Waals surface area contributed by atoms with Crippen LogP contribution in [0.15, 0.2) is 12.0 Å². The van der Waals surface area contributed by atoms with Gasteiger partial charge in [-0.2, -0.15) is 0 Å². The van der Waals surface area contributed by atoms with Crippen molar-refractivity contribution in [3.63, 3.8) is 0 Å². The van der Waals surface area contributed by atoms with Crippen LogP contribution in [0.3, 0.4) is 0 Å². The van der Waals surface area contributed by atoms with Gasteiger partial charge in [0.2, 0.25) is 5.91 Å². The van der Waals surface area contributed by atoms with Crippen molar-refractivity contribution in [1.82, 2.24) is 9.62 Å². The van der Waals surface area contributed by atoms with Gasteiger partial charge in [0.1, 0.15) is 22.8 Å². The summed E-state index contributed by atoms with van der Waals surface area (Å²) in [6.07, 6.45) is 0.0591. The Bertz CT molecular complexity index is 939. The van der Waals surface area contributed by atoms with Crippen molar-refractivity contribution >= 4 is 34.0 Å². The van der Waals surface area contributed by atoms with E-state index in [0.29, 0.717) is 22.6 Å². The number of esters is 2. The topological polar surface area (TPSA) is 145 Å². The normalized spacial score (nSPS) is 13.2. The molecule has 38 heavy (non-hydrogen) atoms. The van der Waals surface area contributed by atoms with E-state index in [4.69, 9.17) is 14.2 Å². The number of hydrogen-bond acceptors (Lipinski definition) is 9. The summed E-state index contributed by atoms with van der Waals surface area (Å²) in [5.41, 5.74) is -2.33. The quantitative estimate of drug-likeness (QED) is 0.198. The lowest BCUT2D eigenvalue weighted by atomic mass is 10.1. The highest BCUT2D eigenvalue weighted by atomic mass is 32.2. The molecule has 0 fully saturated rings. The van der Waals surface area contributed by atoms with Crippen molar-refractivity contribution in [2.75, 3.05) is 6.54 Å². The van der Waals surface area contributed by atoms with Gasteiger partial charge in [0.05, 0.1) is 0 Å². The maximum atomic E-state index is 12.6. The van der Waals surface area contributed by atoms with Crippen molar-refractivity contribution in [3.05, 3.63) is 12.0 Å². The van der Waals surface area contributed by atoms with Crippen LogP contribution in [0.2, 0.25) is 0 Å². The molecule has 0 aliphatic heterocycles. The molecule has 0 aromatic carbocycles. The summed E-state index contributed by atoms with van der Waals surface area (Å²) >= 11 is 0. The number of sulfonamides is 1. The highest BCUT2D eigenvalue weighted by Gasteiger charge is 2.30. The molecule has 0 heterocycles.